The Hall–Kier alpha value is -2.30. The standard InChI is InChI=1S/C18H19N3O3S/c1-2-6-21-7-4-3-5-13(21)17(22)20-18-19-12-10-14-15(11-16(12)25-18)24-9-8-23-14/h1,10-11,13H,3-9H2,(H,19,20,22). The number of hydrogen-bond donors (Lipinski definition) is 1. The molecule has 0 radical (unpaired) electrons. The molecule has 1 fully saturated rings. The second kappa shape index (κ2) is 6.90. The van der Waals surface area contributed by atoms with Gasteiger partial charge in [-0.2, -0.15) is 0 Å². The van der Waals surface area contributed by atoms with Crippen molar-refractivity contribution in [1.29, 1.82) is 0 Å². The van der Waals surface area contributed by atoms with Crippen molar-refractivity contribution >= 4 is 32.6 Å². The average molecular weight is 357 g/mol. The molecule has 1 amide bonds. The normalized spacial score (nSPS) is 20.2. The zero-order valence-electron chi connectivity index (χ0n) is 13.8. The molecule has 25 heavy (non-hydrogen) atoms. The van der Waals surface area contributed by atoms with E-state index in [1.54, 1.807) is 0 Å². The highest BCUT2D eigenvalue weighted by molar-refractivity contribution is 7.22. The number of hydrogen-bond acceptors (Lipinski definition) is 6. The maximum absolute atomic E-state index is 12.7. The van der Waals surface area contributed by atoms with Gasteiger partial charge in [-0.15, -0.1) is 6.42 Å². The lowest BCUT2D eigenvalue weighted by Crippen LogP contribution is -2.47. The van der Waals surface area contributed by atoms with E-state index >= 15 is 0 Å². The summed E-state index contributed by atoms with van der Waals surface area (Å²) >= 11 is 1.44. The molecule has 2 aliphatic heterocycles. The summed E-state index contributed by atoms with van der Waals surface area (Å²) in [5, 5.41) is 3.55. The number of aromatic nitrogens is 1. The van der Waals surface area contributed by atoms with Crippen molar-refractivity contribution in [1.82, 2.24) is 9.88 Å². The van der Waals surface area contributed by atoms with E-state index in [2.05, 4.69) is 21.1 Å². The van der Waals surface area contributed by atoms with Crippen LogP contribution in [0.1, 0.15) is 19.3 Å². The largest absolute Gasteiger partial charge is 0.486 e. The molecular formula is C18H19N3O3S. The van der Waals surface area contributed by atoms with E-state index in [1.807, 2.05) is 12.1 Å². The van der Waals surface area contributed by atoms with E-state index in [0.717, 1.165) is 41.8 Å². The molecule has 130 valence electrons. The first-order chi connectivity index (χ1) is 12.2. The molecule has 4 rings (SSSR count). The number of terminal acetylenes is 1. The van der Waals surface area contributed by atoms with Crippen molar-refractivity contribution in [3.8, 4) is 23.8 Å². The number of amides is 1. The second-order valence-corrected chi connectivity index (χ2v) is 7.19. The predicted molar refractivity (Wildman–Crippen MR) is 97.3 cm³/mol. The number of rotatable bonds is 3. The van der Waals surface area contributed by atoms with Gasteiger partial charge in [-0.25, -0.2) is 4.98 Å². The number of anilines is 1. The Labute approximate surface area is 150 Å². The number of piperidine rings is 1. The third-order valence-electron chi connectivity index (χ3n) is 4.49. The van der Waals surface area contributed by atoms with E-state index in [-0.39, 0.29) is 11.9 Å². The van der Waals surface area contributed by atoms with E-state index in [4.69, 9.17) is 15.9 Å². The van der Waals surface area contributed by atoms with Crippen LogP contribution in [0.2, 0.25) is 0 Å². The minimum absolute atomic E-state index is 0.0359. The van der Waals surface area contributed by atoms with Crippen molar-refractivity contribution in [2.75, 3.05) is 31.6 Å². The van der Waals surface area contributed by atoms with Crippen LogP contribution in [0.15, 0.2) is 12.1 Å². The molecule has 1 unspecified atom stereocenters. The summed E-state index contributed by atoms with van der Waals surface area (Å²) in [7, 11) is 0. The van der Waals surface area contributed by atoms with Crippen LogP contribution in [0.5, 0.6) is 11.5 Å². The molecule has 1 aromatic carbocycles. The van der Waals surface area contributed by atoms with Crippen molar-refractivity contribution in [2.45, 2.75) is 25.3 Å². The Kier molecular flexibility index (Phi) is 4.47. The summed E-state index contributed by atoms with van der Waals surface area (Å²) in [5.74, 6) is 4.04. The highest BCUT2D eigenvalue weighted by Gasteiger charge is 2.28. The number of nitrogens with one attached hydrogen (secondary N) is 1. The monoisotopic (exact) mass is 357 g/mol. The number of nitrogens with zero attached hydrogens (tertiary/aromatic N) is 2. The third kappa shape index (κ3) is 3.28. The molecule has 0 spiro atoms. The van der Waals surface area contributed by atoms with Crippen LogP contribution in [-0.4, -0.2) is 48.1 Å². The fraction of sp³-hybridized carbons (Fsp3) is 0.444. The molecule has 0 bridgehead atoms. The summed E-state index contributed by atoms with van der Waals surface area (Å²) < 4.78 is 12.1. The van der Waals surface area contributed by atoms with Gasteiger partial charge in [0, 0.05) is 12.1 Å². The van der Waals surface area contributed by atoms with Crippen LogP contribution in [-0.2, 0) is 4.79 Å². The van der Waals surface area contributed by atoms with Crippen molar-refractivity contribution in [2.24, 2.45) is 0 Å². The molecule has 6 nitrogen and oxygen atoms in total. The first kappa shape index (κ1) is 16.2. The lowest BCUT2D eigenvalue weighted by molar-refractivity contribution is -0.122. The van der Waals surface area contributed by atoms with Gasteiger partial charge in [-0.05, 0) is 19.4 Å². The van der Waals surface area contributed by atoms with Gasteiger partial charge in [-0.1, -0.05) is 23.7 Å². The molecule has 7 heteroatoms. The highest BCUT2D eigenvalue weighted by Crippen LogP contribution is 2.38. The summed E-state index contributed by atoms with van der Waals surface area (Å²) in [6.07, 6.45) is 8.38. The number of ether oxygens (including phenoxy) is 2. The Morgan fingerprint density at radius 3 is 2.96 bits per heavy atom. The smallest absolute Gasteiger partial charge is 0.243 e. The molecule has 1 N–H and O–H groups in total. The van der Waals surface area contributed by atoms with Gasteiger partial charge in [0.05, 0.1) is 22.8 Å². The first-order valence-electron chi connectivity index (χ1n) is 8.43. The summed E-state index contributed by atoms with van der Waals surface area (Å²) in [6.45, 7) is 2.45. The zero-order valence-corrected chi connectivity index (χ0v) is 14.6. The third-order valence-corrected chi connectivity index (χ3v) is 5.43. The quantitative estimate of drug-likeness (QED) is 0.855. The molecule has 1 atom stereocenters. The van der Waals surface area contributed by atoms with E-state index in [0.29, 0.717) is 30.6 Å². The van der Waals surface area contributed by atoms with Crippen molar-refractivity contribution < 1.29 is 14.3 Å². The van der Waals surface area contributed by atoms with Crippen LogP contribution in [0.3, 0.4) is 0 Å². The Bertz CT molecular complexity index is 799. The molecular weight excluding hydrogens is 338 g/mol. The molecule has 1 aromatic heterocycles. The van der Waals surface area contributed by atoms with Gasteiger partial charge in [-0.3, -0.25) is 9.69 Å². The number of benzene rings is 1. The highest BCUT2D eigenvalue weighted by atomic mass is 32.1. The van der Waals surface area contributed by atoms with Crippen LogP contribution < -0.4 is 14.8 Å². The molecule has 0 saturated carbocycles. The lowest BCUT2D eigenvalue weighted by Gasteiger charge is -2.32. The Morgan fingerprint density at radius 1 is 1.36 bits per heavy atom. The van der Waals surface area contributed by atoms with Gasteiger partial charge in [0.2, 0.25) is 5.91 Å². The van der Waals surface area contributed by atoms with Gasteiger partial charge in [0.1, 0.15) is 13.2 Å². The maximum Gasteiger partial charge on any atom is 0.243 e. The molecule has 0 aliphatic carbocycles. The predicted octanol–water partition coefficient (Wildman–Crippen LogP) is 2.49. The fourth-order valence-corrected chi connectivity index (χ4v) is 4.18. The Balaban J connectivity index is 1.53. The molecule has 2 aliphatic rings. The van der Waals surface area contributed by atoms with Gasteiger partial charge in [0.25, 0.3) is 0 Å². The average Bonchev–Trinajstić information content (AvgIpc) is 3.01. The Morgan fingerprint density at radius 2 is 2.16 bits per heavy atom. The SMILES string of the molecule is C#CCN1CCCCC1C(=O)Nc1nc2cc3c(cc2s1)OCCO3. The number of likely N-dealkylation sites (tertiary alicyclic amines) is 1. The number of fused-ring (bicyclic) bond motifs is 2. The topological polar surface area (TPSA) is 63.7 Å². The summed E-state index contributed by atoms with van der Waals surface area (Å²) in [6, 6.07) is 3.60. The van der Waals surface area contributed by atoms with E-state index in [1.165, 1.54) is 11.3 Å². The van der Waals surface area contributed by atoms with E-state index in [9.17, 15) is 4.79 Å². The van der Waals surface area contributed by atoms with Crippen LogP contribution in [0.25, 0.3) is 10.2 Å². The number of carbonyl (C=O) groups is 1. The molecule has 2 aromatic rings. The molecule has 3 heterocycles. The minimum atomic E-state index is -0.184. The zero-order chi connectivity index (χ0) is 17.2. The minimum Gasteiger partial charge on any atom is -0.486 e. The molecule has 1 saturated heterocycles. The van der Waals surface area contributed by atoms with E-state index < -0.39 is 0 Å². The summed E-state index contributed by atoms with van der Waals surface area (Å²) in [5.41, 5.74) is 0.800. The number of carbonyl (C=O) groups excluding carboxylic acids is 1. The maximum atomic E-state index is 12.7. The summed E-state index contributed by atoms with van der Waals surface area (Å²) in [4.78, 5) is 19.3. The van der Waals surface area contributed by atoms with Crippen LogP contribution in [0.4, 0.5) is 5.13 Å². The van der Waals surface area contributed by atoms with Crippen LogP contribution >= 0.6 is 11.3 Å². The fourth-order valence-electron chi connectivity index (χ4n) is 3.30. The van der Waals surface area contributed by atoms with Crippen LogP contribution in [0, 0.1) is 12.3 Å². The van der Waals surface area contributed by atoms with Crippen molar-refractivity contribution in [3.63, 3.8) is 0 Å². The first-order valence-corrected chi connectivity index (χ1v) is 9.25. The van der Waals surface area contributed by atoms with Gasteiger partial charge in [0.15, 0.2) is 16.6 Å². The number of thiazole rings is 1. The van der Waals surface area contributed by atoms with Crippen molar-refractivity contribution in [3.05, 3.63) is 12.1 Å². The lowest BCUT2D eigenvalue weighted by atomic mass is 10.0. The van der Waals surface area contributed by atoms with Gasteiger partial charge < -0.3 is 14.8 Å². The second-order valence-electron chi connectivity index (χ2n) is 6.16. The van der Waals surface area contributed by atoms with Gasteiger partial charge >= 0.3 is 0 Å².